The smallest absolute Gasteiger partial charge is 0.271 e. The number of carbonyl (C=O) groups excluding carboxylic acids is 1. The quantitative estimate of drug-likeness (QED) is 0.861. The standard InChI is InChI=1S/C9H6Cl2N4O/c10-4-1-2-6(11)5(3-4)7-8(9(12)16)14-15-13-7/h1-3H,(H2,12,16)(H,13,14,15). The summed E-state index contributed by atoms with van der Waals surface area (Å²) in [4.78, 5) is 11.1. The maximum atomic E-state index is 11.1. The minimum absolute atomic E-state index is 0.0316. The van der Waals surface area contributed by atoms with Crippen LogP contribution in [0.5, 0.6) is 0 Å². The van der Waals surface area contributed by atoms with E-state index in [1.165, 1.54) is 0 Å². The van der Waals surface area contributed by atoms with Crippen LogP contribution in [0.15, 0.2) is 18.2 Å². The van der Waals surface area contributed by atoms with E-state index in [1.54, 1.807) is 18.2 Å². The molecular formula is C9H6Cl2N4O. The van der Waals surface area contributed by atoms with Crippen molar-refractivity contribution < 1.29 is 4.79 Å². The van der Waals surface area contributed by atoms with Crippen molar-refractivity contribution in [3.8, 4) is 11.3 Å². The van der Waals surface area contributed by atoms with Gasteiger partial charge in [-0.15, -0.1) is 0 Å². The van der Waals surface area contributed by atoms with Crippen molar-refractivity contribution in [2.75, 3.05) is 0 Å². The van der Waals surface area contributed by atoms with Crippen LogP contribution in [0.1, 0.15) is 10.5 Å². The molecule has 1 amide bonds. The van der Waals surface area contributed by atoms with Crippen molar-refractivity contribution in [2.24, 2.45) is 5.73 Å². The first kappa shape index (κ1) is 10.9. The molecule has 0 unspecified atom stereocenters. The third-order valence-electron chi connectivity index (χ3n) is 1.96. The molecule has 7 heteroatoms. The van der Waals surface area contributed by atoms with E-state index in [0.717, 1.165) is 0 Å². The predicted molar refractivity (Wildman–Crippen MR) is 60.4 cm³/mol. The predicted octanol–water partition coefficient (Wildman–Crippen LogP) is 1.88. The summed E-state index contributed by atoms with van der Waals surface area (Å²) in [7, 11) is 0. The molecule has 0 aliphatic rings. The highest BCUT2D eigenvalue weighted by atomic mass is 35.5. The Kier molecular flexibility index (Phi) is 2.80. The van der Waals surface area contributed by atoms with E-state index in [4.69, 9.17) is 28.9 Å². The van der Waals surface area contributed by atoms with Gasteiger partial charge in [0.15, 0.2) is 5.69 Å². The fourth-order valence-corrected chi connectivity index (χ4v) is 1.65. The lowest BCUT2D eigenvalue weighted by Gasteiger charge is -2.01. The molecule has 16 heavy (non-hydrogen) atoms. The van der Waals surface area contributed by atoms with Crippen LogP contribution in [0.2, 0.25) is 10.0 Å². The largest absolute Gasteiger partial charge is 0.364 e. The van der Waals surface area contributed by atoms with Crippen LogP contribution in [0.4, 0.5) is 0 Å². The zero-order chi connectivity index (χ0) is 11.7. The van der Waals surface area contributed by atoms with Crippen LogP contribution in [0.25, 0.3) is 11.3 Å². The van der Waals surface area contributed by atoms with Crippen molar-refractivity contribution in [1.82, 2.24) is 15.4 Å². The molecule has 0 spiro atoms. The molecule has 0 aliphatic heterocycles. The minimum atomic E-state index is -0.681. The Bertz CT molecular complexity index is 552. The minimum Gasteiger partial charge on any atom is -0.364 e. The fourth-order valence-electron chi connectivity index (χ4n) is 1.27. The zero-order valence-electron chi connectivity index (χ0n) is 7.87. The van der Waals surface area contributed by atoms with E-state index in [9.17, 15) is 4.79 Å². The highest BCUT2D eigenvalue weighted by Crippen LogP contribution is 2.30. The SMILES string of the molecule is NC(=O)c1n[nH]nc1-c1cc(Cl)ccc1Cl. The maximum absolute atomic E-state index is 11.1. The molecule has 0 bridgehead atoms. The number of aromatic nitrogens is 3. The lowest BCUT2D eigenvalue weighted by Crippen LogP contribution is -2.12. The van der Waals surface area contributed by atoms with Gasteiger partial charge in [0.05, 0.1) is 5.02 Å². The van der Waals surface area contributed by atoms with Crippen LogP contribution in [-0.4, -0.2) is 21.3 Å². The summed E-state index contributed by atoms with van der Waals surface area (Å²) in [6.07, 6.45) is 0. The summed E-state index contributed by atoms with van der Waals surface area (Å²) < 4.78 is 0. The molecule has 3 N–H and O–H groups in total. The number of rotatable bonds is 2. The molecular weight excluding hydrogens is 251 g/mol. The second-order valence-electron chi connectivity index (χ2n) is 3.01. The highest BCUT2D eigenvalue weighted by molar-refractivity contribution is 6.35. The zero-order valence-corrected chi connectivity index (χ0v) is 9.38. The van der Waals surface area contributed by atoms with E-state index < -0.39 is 5.91 Å². The highest BCUT2D eigenvalue weighted by Gasteiger charge is 2.17. The molecule has 1 aromatic heterocycles. The number of hydrogen-bond donors (Lipinski definition) is 2. The molecule has 0 aliphatic carbocycles. The fraction of sp³-hybridized carbons (Fsp3) is 0. The van der Waals surface area contributed by atoms with Gasteiger partial charge >= 0.3 is 0 Å². The maximum Gasteiger partial charge on any atom is 0.271 e. The van der Waals surface area contributed by atoms with Gasteiger partial charge in [-0.3, -0.25) is 4.79 Å². The number of amides is 1. The van der Waals surface area contributed by atoms with Gasteiger partial charge in [-0.25, -0.2) is 0 Å². The lowest BCUT2D eigenvalue weighted by molar-refractivity contribution is 0.0996. The van der Waals surface area contributed by atoms with Crippen LogP contribution >= 0.6 is 23.2 Å². The number of benzene rings is 1. The molecule has 2 aromatic rings. The van der Waals surface area contributed by atoms with E-state index in [0.29, 0.717) is 21.3 Å². The number of carbonyl (C=O) groups is 1. The van der Waals surface area contributed by atoms with Crippen molar-refractivity contribution in [3.63, 3.8) is 0 Å². The Morgan fingerprint density at radius 3 is 2.75 bits per heavy atom. The number of H-pyrrole nitrogens is 1. The molecule has 0 radical (unpaired) electrons. The van der Waals surface area contributed by atoms with Crippen molar-refractivity contribution in [2.45, 2.75) is 0 Å². The Labute approximate surface area is 101 Å². The average molecular weight is 257 g/mol. The van der Waals surface area contributed by atoms with E-state index in [-0.39, 0.29) is 5.69 Å². The van der Waals surface area contributed by atoms with Crippen LogP contribution in [-0.2, 0) is 0 Å². The van der Waals surface area contributed by atoms with E-state index in [1.807, 2.05) is 0 Å². The first-order valence-electron chi connectivity index (χ1n) is 4.25. The van der Waals surface area contributed by atoms with Gasteiger partial charge in [-0.05, 0) is 18.2 Å². The van der Waals surface area contributed by atoms with Crippen molar-refractivity contribution >= 4 is 29.1 Å². The summed E-state index contributed by atoms with van der Waals surface area (Å²) in [6.45, 7) is 0. The van der Waals surface area contributed by atoms with Crippen molar-refractivity contribution in [1.29, 1.82) is 0 Å². The first-order valence-corrected chi connectivity index (χ1v) is 5.01. The van der Waals surface area contributed by atoms with Gasteiger partial charge in [0.1, 0.15) is 5.69 Å². The van der Waals surface area contributed by atoms with Gasteiger partial charge < -0.3 is 5.73 Å². The number of nitrogens with two attached hydrogens (primary N) is 1. The first-order chi connectivity index (χ1) is 7.59. The van der Waals surface area contributed by atoms with Crippen LogP contribution in [0, 0.1) is 0 Å². The second-order valence-corrected chi connectivity index (χ2v) is 3.85. The number of aromatic amines is 1. The van der Waals surface area contributed by atoms with Crippen molar-refractivity contribution in [3.05, 3.63) is 33.9 Å². The number of nitrogens with zero attached hydrogens (tertiary/aromatic N) is 2. The summed E-state index contributed by atoms with van der Waals surface area (Å²) in [5.41, 5.74) is 5.98. The molecule has 0 fully saturated rings. The Balaban J connectivity index is 2.62. The van der Waals surface area contributed by atoms with Crippen LogP contribution in [0.3, 0.4) is 0 Å². The van der Waals surface area contributed by atoms with Gasteiger partial charge in [0.2, 0.25) is 0 Å². The van der Waals surface area contributed by atoms with Gasteiger partial charge in [0, 0.05) is 10.6 Å². The van der Waals surface area contributed by atoms with E-state index in [2.05, 4.69) is 15.4 Å². The van der Waals surface area contributed by atoms with Gasteiger partial charge in [0.25, 0.3) is 5.91 Å². The molecule has 0 atom stereocenters. The third kappa shape index (κ3) is 1.87. The Hall–Kier alpha value is -1.59. The summed E-state index contributed by atoms with van der Waals surface area (Å²) in [6, 6.07) is 4.84. The van der Waals surface area contributed by atoms with E-state index >= 15 is 0 Å². The number of hydrogen-bond acceptors (Lipinski definition) is 3. The number of primary amides is 1. The molecule has 2 rings (SSSR count). The van der Waals surface area contributed by atoms with Crippen LogP contribution < -0.4 is 5.73 Å². The molecule has 82 valence electrons. The summed E-state index contributed by atoms with van der Waals surface area (Å²) in [5, 5.41) is 10.7. The monoisotopic (exact) mass is 256 g/mol. The molecule has 5 nitrogen and oxygen atoms in total. The second kappa shape index (κ2) is 4.11. The summed E-state index contributed by atoms with van der Waals surface area (Å²) >= 11 is 11.8. The molecule has 1 heterocycles. The molecule has 0 saturated carbocycles. The number of nitrogens with one attached hydrogen (secondary N) is 1. The Morgan fingerprint density at radius 2 is 2.06 bits per heavy atom. The lowest BCUT2D eigenvalue weighted by atomic mass is 10.1. The Morgan fingerprint density at radius 1 is 1.31 bits per heavy atom. The normalized spacial score (nSPS) is 10.4. The molecule has 1 aromatic carbocycles. The molecule has 0 saturated heterocycles. The average Bonchev–Trinajstić information content (AvgIpc) is 2.70. The summed E-state index contributed by atoms with van der Waals surface area (Å²) in [5.74, 6) is -0.681. The van der Waals surface area contributed by atoms with Gasteiger partial charge in [-0.2, -0.15) is 15.4 Å². The third-order valence-corrected chi connectivity index (χ3v) is 2.53. The topological polar surface area (TPSA) is 84.7 Å². The number of halogens is 2. The van der Waals surface area contributed by atoms with Gasteiger partial charge in [-0.1, -0.05) is 23.2 Å².